The van der Waals surface area contributed by atoms with Gasteiger partial charge in [-0.05, 0) is 31.0 Å². The van der Waals surface area contributed by atoms with Crippen molar-refractivity contribution >= 4 is 5.97 Å². The zero-order chi connectivity index (χ0) is 12.5. The number of carbonyl (C=O) groups excluding carboxylic acids is 1. The molecule has 0 N–H and O–H groups in total. The highest BCUT2D eigenvalue weighted by Gasteiger charge is 2.04. The van der Waals surface area contributed by atoms with Gasteiger partial charge in [-0.1, -0.05) is 25.5 Å². The molecule has 0 aliphatic carbocycles. The summed E-state index contributed by atoms with van der Waals surface area (Å²) in [5, 5.41) is 0. The van der Waals surface area contributed by atoms with Crippen LogP contribution in [0.1, 0.15) is 32.3 Å². The average molecular weight is 236 g/mol. The van der Waals surface area contributed by atoms with Crippen LogP contribution in [0.3, 0.4) is 0 Å². The van der Waals surface area contributed by atoms with Crippen LogP contribution in [-0.2, 0) is 16.0 Å². The normalized spacial score (nSPS) is 10.0. The predicted molar refractivity (Wildman–Crippen MR) is 67.2 cm³/mol. The lowest BCUT2D eigenvalue weighted by Gasteiger charge is -2.05. The van der Waals surface area contributed by atoms with E-state index in [1.54, 1.807) is 0 Å². The van der Waals surface area contributed by atoms with E-state index in [4.69, 9.17) is 9.47 Å². The van der Waals surface area contributed by atoms with Crippen LogP contribution in [0.25, 0.3) is 0 Å². The van der Waals surface area contributed by atoms with E-state index < -0.39 is 0 Å². The van der Waals surface area contributed by atoms with Crippen LogP contribution in [0.15, 0.2) is 24.3 Å². The molecule has 0 unspecified atom stereocenters. The van der Waals surface area contributed by atoms with Crippen molar-refractivity contribution in [2.24, 2.45) is 0 Å². The summed E-state index contributed by atoms with van der Waals surface area (Å²) < 4.78 is 10.4. The molecule has 0 atom stereocenters. The number of esters is 1. The molecule has 0 aliphatic rings. The summed E-state index contributed by atoms with van der Waals surface area (Å²) in [6.07, 6.45) is 2.29. The lowest BCUT2D eigenvalue weighted by molar-refractivity contribution is -0.142. The lowest BCUT2D eigenvalue weighted by atomic mass is 10.1. The fourth-order valence-electron chi connectivity index (χ4n) is 1.42. The number of benzene rings is 1. The Kier molecular flexibility index (Phi) is 6.15. The molecule has 0 fully saturated rings. The third-order valence-corrected chi connectivity index (χ3v) is 2.34. The number of rotatable bonds is 7. The first kappa shape index (κ1) is 13.6. The molecule has 0 radical (unpaired) electrons. The van der Waals surface area contributed by atoms with Gasteiger partial charge in [0.05, 0.1) is 19.6 Å². The molecule has 1 rings (SSSR count). The van der Waals surface area contributed by atoms with Crippen molar-refractivity contribution < 1.29 is 14.3 Å². The number of hydrogen-bond donors (Lipinski definition) is 0. The molecule has 0 amide bonds. The van der Waals surface area contributed by atoms with Crippen LogP contribution >= 0.6 is 0 Å². The molecular formula is C14H20O3. The Hall–Kier alpha value is -1.51. The maximum Gasteiger partial charge on any atom is 0.310 e. The molecule has 3 heteroatoms. The van der Waals surface area contributed by atoms with Gasteiger partial charge in [-0.25, -0.2) is 0 Å². The molecule has 94 valence electrons. The van der Waals surface area contributed by atoms with Crippen LogP contribution in [0.2, 0.25) is 0 Å². The summed E-state index contributed by atoms with van der Waals surface area (Å²) in [7, 11) is 0. The molecule has 0 aromatic heterocycles. The molecular weight excluding hydrogens is 216 g/mol. The van der Waals surface area contributed by atoms with Gasteiger partial charge in [0.2, 0.25) is 0 Å². The highest BCUT2D eigenvalue weighted by atomic mass is 16.5. The monoisotopic (exact) mass is 236 g/mol. The minimum absolute atomic E-state index is 0.164. The van der Waals surface area contributed by atoms with E-state index in [2.05, 4.69) is 6.92 Å². The molecule has 0 spiro atoms. The molecule has 0 bridgehead atoms. The summed E-state index contributed by atoms with van der Waals surface area (Å²) >= 11 is 0. The second-order valence-electron chi connectivity index (χ2n) is 3.83. The lowest BCUT2D eigenvalue weighted by Crippen LogP contribution is -2.08. The van der Waals surface area contributed by atoms with E-state index in [1.165, 1.54) is 0 Å². The minimum Gasteiger partial charge on any atom is -0.494 e. The SMILES string of the molecule is CCCCOC(=O)Cc1ccc(OCC)cc1. The zero-order valence-electron chi connectivity index (χ0n) is 10.6. The predicted octanol–water partition coefficient (Wildman–Crippen LogP) is 2.97. The molecule has 0 saturated heterocycles. The number of ether oxygens (including phenoxy) is 2. The largest absolute Gasteiger partial charge is 0.494 e. The standard InChI is InChI=1S/C14H20O3/c1-3-5-10-17-14(15)11-12-6-8-13(9-7-12)16-4-2/h6-9H,3-5,10-11H2,1-2H3. The van der Waals surface area contributed by atoms with Gasteiger partial charge in [0.25, 0.3) is 0 Å². The van der Waals surface area contributed by atoms with Gasteiger partial charge in [0, 0.05) is 0 Å². The number of unbranched alkanes of at least 4 members (excludes halogenated alkanes) is 1. The van der Waals surface area contributed by atoms with Gasteiger partial charge in [-0.2, -0.15) is 0 Å². The molecule has 1 aromatic rings. The quantitative estimate of drug-likeness (QED) is 0.539. The fraction of sp³-hybridized carbons (Fsp3) is 0.500. The van der Waals surface area contributed by atoms with Crippen molar-refractivity contribution in [3.05, 3.63) is 29.8 Å². The summed E-state index contributed by atoms with van der Waals surface area (Å²) in [6, 6.07) is 7.54. The van der Waals surface area contributed by atoms with Gasteiger partial charge in [-0.15, -0.1) is 0 Å². The van der Waals surface area contributed by atoms with Gasteiger partial charge >= 0.3 is 5.97 Å². The van der Waals surface area contributed by atoms with Crippen molar-refractivity contribution in [1.29, 1.82) is 0 Å². The van der Waals surface area contributed by atoms with Gasteiger partial charge in [0.15, 0.2) is 0 Å². The highest BCUT2D eigenvalue weighted by molar-refractivity contribution is 5.72. The van der Waals surface area contributed by atoms with Crippen molar-refractivity contribution in [3.8, 4) is 5.75 Å². The van der Waals surface area contributed by atoms with Crippen LogP contribution in [0.4, 0.5) is 0 Å². The van der Waals surface area contributed by atoms with Gasteiger partial charge < -0.3 is 9.47 Å². The van der Waals surface area contributed by atoms with E-state index in [1.807, 2.05) is 31.2 Å². The van der Waals surface area contributed by atoms with E-state index in [0.29, 0.717) is 19.6 Å². The highest BCUT2D eigenvalue weighted by Crippen LogP contribution is 2.12. The Morgan fingerprint density at radius 2 is 1.88 bits per heavy atom. The fourth-order valence-corrected chi connectivity index (χ4v) is 1.42. The average Bonchev–Trinajstić information content (AvgIpc) is 2.32. The van der Waals surface area contributed by atoms with Gasteiger partial charge in [-0.3, -0.25) is 4.79 Å². The van der Waals surface area contributed by atoms with Crippen LogP contribution in [0, 0.1) is 0 Å². The molecule has 1 aromatic carbocycles. The topological polar surface area (TPSA) is 35.5 Å². The Labute approximate surface area is 103 Å². The Balaban J connectivity index is 2.37. The third-order valence-electron chi connectivity index (χ3n) is 2.34. The molecule has 0 aliphatic heterocycles. The summed E-state index contributed by atoms with van der Waals surface area (Å²) in [4.78, 5) is 11.4. The molecule has 3 nitrogen and oxygen atoms in total. The van der Waals surface area contributed by atoms with Crippen molar-refractivity contribution in [3.63, 3.8) is 0 Å². The van der Waals surface area contributed by atoms with Crippen LogP contribution in [0.5, 0.6) is 5.75 Å². The smallest absolute Gasteiger partial charge is 0.310 e. The minimum atomic E-state index is -0.164. The summed E-state index contributed by atoms with van der Waals surface area (Å²) in [5.41, 5.74) is 0.954. The van der Waals surface area contributed by atoms with Crippen LogP contribution < -0.4 is 4.74 Å². The first-order chi connectivity index (χ1) is 8.26. The molecule has 0 heterocycles. The maximum absolute atomic E-state index is 11.4. The Bertz CT molecular complexity index is 330. The summed E-state index contributed by atoms with van der Waals surface area (Å²) in [6.45, 7) is 5.18. The maximum atomic E-state index is 11.4. The van der Waals surface area contributed by atoms with E-state index in [9.17, 15) is 4.79 Å². The van der Waals surface area contributed by atoms with E-state index in [-0.39, 0.29) is 5.97 Å². The first-order valence-corrected chi connectivity index (χ1v) is 6.13. The second kappa shape index (κ2) is 7.71. The number of carbonyl (C=O) groups is 1. The van der Waals surface area contributed by atoms with Crippen molar-refractivity contribution in [1.82, 2.24) is 0 Å². The summed E-state index contributed by atoms with van der Waals surface area (Å²) in [5.74, 6) is 0.665. The molecule has 0 saturated carbocycles. The number of hydrogen-bond acceptors (Lipinski definition) is 3. The van der Waals surface area contributed by atoms with Crippen molar-refractivity contribution in [2.75, 3.05) is 13.2 Å². The van der Waals surface area contributed by atoms with Gasteiger partial charge in [0.1, 0.15) is 5.75 Å². The van der Waals surface area contributed by atoms with Crippen LogP contribution in [-0.4, -0.2) is 19.2 Å². The second-order valence-corrected chi connectivity index (χ2v) is 3.83. The van der Waals surface area contributed by atoms with Crippen molar-refractivity contribution in [2.45, 2.75) is 33.1 Å². The zero-order valence-corrected chi connectivity index (χ0v) is 10.6. The van der Waals surface area contributed by atoms with E-state index >= 15 is 0 Å². The van der Waals surface area contributed by atoms with E-state index in [0.717, 1.165) is 24.2 Å². The molecule has 17 heavy (non-hydrogen) atoms. The Morgan fingerprint density at radius 3 is 2.47 bits per heavy atom. The third kappa shape index (κ3) is 5.38. The first-order valence-electron chi connectivity index (χ1n) is 6.13. The Morgan fingerprint density at radius 1 is 1.18 bits per heavy atom.